The van der Waals surface area contributed by atoms with Gasteiger partial charge in [0.15, 0.2) is 0 Å². The molecule has 1 fully saturated rings. The van der Waals surface area contributed by atoms with Crippen LogP contribution in [0.15, 0.2) is 47.0 Å². The number of aryl methyl sites for hydroxylation is 2. The van der Waals surface area contributed by atoms with Gasteiger partial charge in [-0.3, -0.25) is 0 Å². The van der Waals surface area contributed by atoms with Crippen molar-refractivity contribution < 1.29 is 8.91 Å². The first-order valence-corrected chi connectivity index (χ1v) is 8.28. The van der Waals surface area contributed by atoms with E-state index in [4.69, 9.17) is 4.52 Å². The molecule has 3 aromatic rings. The number of benzene rings is 2. The van der Waals surface area contributed by atoms with E-state index in [-0.39, 0.29) is 17.9 Å². The van der Waals surface area contributed by atoms with Crippen LogP contribution in [0.3, 0.4) is 0 Å². The summed E-state index contributed by atoms with van der Waals surface area (Å²) in [6.45, 7) is 4.23. The van der Waals surface area contributed by atoms with E-state index in [9.17, 15) is 4.39 Å². The highest BCUT2D eigenvalue weighted by Crippen LogP contribution is 2.31. The number of hydrogen-bond acceptors (Lipinski definition) is 5. The summed E-state index contributed by atoms with van der Waals surface area (Å²) in [6, 6.07) is 12.7. The van der Waals surface area contributed by atoms with Gasteiger partial charge < -0.3 is 4.52 Å². The van der Waals surface area contributed by atoms with Crippen molar-refractivity contribution in [1.82, 2.24) is 21.0 Å². The van der Waals surface area contributed by atoms with Gasteiger partial charge in [0, 0.05) is 11.6 Å². The van der Waals surface area contributed by atoms with Gasteiger partial charge >= 0.3 is 0 Å². The number of nitrogens with zero attached hydrogens (tertiary/aromatic N) is 2. The lowest BCUT2D eigenvalue weighted by Crippen LogP contribution is -2.26. The van der Waals surface area contributed by atoms with Crippen LogP contribution in [0.25, 0.3) is 11.4 Å². The minimum atomic E-state index is -0.287. The van der Waals surface area contributed by atoms with E-state index in [0.717, 1.165) is 12.0 Å². The molecule has 0 amide bonds. The zero-order valence-electron chi connectivity index (χ0n) is 14.1. The molecule has 1 aliphatic rings. The molecule has 4 rings (SSSR count). The number of aromatic nitrogens is 2. The van der Waals surface area contributed by atoms with Gasteiger partial charge in [-0.05, 0) is 61.2 Å². The molecule has 2 heterocycles. The summed E-state index contributed by atoms with van der Waals surface area (Å²) in [7, 11) is 0. The molecule has 25 heavy (non-hydrogen) atoms. The van der Waals surface area contributed by atoms with E-state index in [1.54, 1.807) is 12.1 Å². The van der Waals surface area contributed by atoms with Gasteiger partial charge in [-0.1, -0.05) is 23.4 Å². The first kappa shape index (κ1) is 15.9. The van der Waals surface area contributed by atoms with Crippen LogP contribution in [-0.4, -0.2) is 10.1 Å². The highest BCUT2D eigenvalue weighted by molar-refractivity contribution is 5.53. The fourth-order valence-corrected chi connectivity index (χ4v) is 3.01. The largest absolute Gasteiger partial charge is 0.337 e. The highest BCUT2D eigenvalue weighted by atomic mass is 19.1. The predicted octanol–water partition coefficient (Wildman–Crippen LogP) is 3.77. The molecule has 128 valence electrons. The normalized spacial score (nSPS) is 20.1. The van der Waals surface area contributed by atoms with Crippen molar-refractivity contribution in [2.24, 2.45) is 0 Å². The number of halogens is 1. The quantitative estimate of drug-likeness (QED) is 0.761. The van der Waals surface area contributed by atoms with Crippen molar-refractivity contribution in [2.45, 2.75) is 32.4 Å². The lowest BCUT2D eigenvalue weighted by atomic mass is 9.98. The Labute approximate surface area is 145 Å². The zero-order chi connectivity index (χ0) is 17.4. The Kier molecular flexibility index (Phi) is 4.07. The Bertz CT molecular complexity index is 891. The molecule has 6 heteroatoms. The molecule has 0 bridgehead atoms. The Morgan fingerprint density at radius 2 is 1.76 bits per heavy atom. The Hall–Kier alpha value is -2.57. The number of hydrogen-bond donors (Lipinski definition) is 2. The third-order valence-electron chi connectivity index (χ3n) is 4.68. The predicted molar refractivity (Wildman–Crippen MR) is 92.0 cm³/mol. The van der Waals surface area contributed by atoms with E-state index in [2.05, 4.69) is 53.0 Å². The summed E-state index contributed by atoms with van der Waals surface area (Å²) in [4.78, 5) is 4.45. The average molecular weight is 338 g/mol. The standard InChI is InChI=1S/C19H19FN4O/c1-11-3-4-14(9-12(11)2)16-10-17(23-22-16)19-21-18(24-25-19)13-5-7-15(20)8-6-13/h3-9,16-17,22-23H,10H2,1-2H3. The first-order valence-electron chi connectivity index (χ1n) is 8.28. The third-order valence-corrected chi connectivity index (χ3v) is 4.68. The first-order chi connectivity index (χ1) is 12.1. The molecule has 5 nitrogen and oxygen atoms in total. The molecule has 0 radical (unpaired) electrons. The maximum Gasteiger partial charge on any atom is 0.245 e. The average Bonchev–Trinajstić information content (AvgIpc) is 3.27. The number of hydrazine groups is 1. The number of nitrogens with one attached hydrogen (secondary N) is 2. The molecular formula is C19H19FN4O. The molecule has 2 atom stereocenters. The maximum atomic E-state index is 13.0. The van der Waals surface area contributed by atoms with Gasteiger partial charge in [0.25, 0.3) is 0 Å². The van der Waals surface area contributed by atoms with Crippen molar-refractivity contribution >= 4 is 0 Å². The van der Waals surface area contributed by atoms with Crippen molar-refractivity contribution in [3.8, 4) is 11.4 Å². The molecule has 2 unspecified atom stereocenters. The van der Waals surface area contributed by atoms with Crippen LogP contribution in [0.5, 0.6) is 0 Å². The van der Waals surface area contributed by atoms with Crippen LogP contribution < -0.4 is 10.9 Å². The molecule has 1 saturated heterocycles. The Morgan fingerprint density at radius 1 is 1.00 bits per heavy atom. The van der Waals surface area contributed by atoms with Crippen LogP contribution in [-0.2, 0) is 0 Å². The summed E-state index contributed by atoms with van der Waals surface area (Å²) >= 11 is 0. The van der Waals surface area contributed by atoms with Crippen LogP contribution in [0.4, 0.5) is 4.39 Å². The smallest absolute Gasteiger partial charge is 0.245 e. The molecule has 2 aromatic carbocycles. The molecule has 1 aliphatic heterocycles. The minimum Gasteiger partial charge on any atom is -0.337 e. The molecule has 2 N–H and O–H groups in total. The van der Waals surface area contributed by atoms with Gasteiger partial charge in [0.05, 0.1) is 0 Å². The number of rotatable bonds is 3. The highest BCUT2D eigenvalue weighted by Gasteiger charge is 2.30. The molecule has 0 aliphatic carbocycles. The molecule has 0 spiro atoms. The summed E-state index contributed by atoms with van der Waals surface area (Å²) in [6.07, 6.45) is 0.813. The fraction of sp³-hybridized carbons (Fsp3) is 0.263. The zero-order valence-corrected chi connectivity index (χ0v) is 14.1. The SMILES string of the molecule is Cc1ccc(C2CC(c3nc(-c4ccc(F)cc4)no3)NN2)cc1C. The van der Waals surface area contributed by atoms with Crippen LogP contribution in [0.2, 0.25) is 0 Å². The van der Waals surface area contributed by atoms with E-state index >= 15 is 0 Å². The second-order valence-electron chi connectivity index (χ2n) is 6.44. The minimum absolute atomic E-state index is 0.0618. The summed E-state index contributed by atoms with van der Waals surface area (Å²) in [5, 5.41) is 4.01. The topological polar surface area (TPSA) is 63.0 Å². The van der Waals surface area contributed by atoms with E-state index in [1.807, 2.05) is 0 Å². The summed E-state index contributed by atoms with van der Waals surface area (Å²) in [5.41, 5.74) is 11.0. The van der Waals surface area contributed by atoms with E-state index in [1.165, 1.54) is 28.8 Å². The van der Waals surface area contributed by atoms with Crippen molar-refractivity contribution in [3.05, 3.63) is 70.9 Å². The lowest BCUT2D eigenvalue weighted by molar-refractivity contribution is 0.340. The molecule has 0 saturated carbocycles. The Balaban J connectivity index is 1.50. The van der Waals surface area contributed by atoms with Gasteiger partial charge in [-0.2, -0.15) is 4.98 Å². The second-order valence-corrected chi connectivity index (χ2v) is 6.44. The monoisotopic (exact) mass is 338 g/mol. The van der Waals surface area contributed by atoms with E-state index < -0.39 is 0 Å². The van der Waals surface area contributed by atoms with Crippen molar-refractivity contribution in [1.29, 1.82) is 0 Å². The molecule has 1 aromatic heterocycles. The Morgan fingerprint density at radius 3 is 2.52 bits per heavy atom. The van der Waals surface area contributed by atoms with Crippen LogP contribution >= 0.6 is 0 Å². The third kappa shape index (κ3) is 3.18. The van der Waals surface area contributed by atoms with Crippen LogP contribution in [0, 0.1) is 19.7 Å². The van der Waals surface area contributed by atoms with Crippen LogP contribution in [0.1, 0.15) is 41.1 Å². The van der Waals surface area contributed by atoms with Gasteiger partial charge in [0.2, 0.25) is 11.7 Å². The summed E-state index contributed by atoms with van der Waals surface area (Å²) < 4.78 is 18.4. The second kappa shape index (κ2) is 6.38. The summed E-state index contributed by atoms with van der Waals surface area (Å²) in [5.74, 6) is 0.704. The maximum absolute atomic E-state index is 13.0. The van der Waals surface area contributed by atoms with Gasteiger partial charge in [-0.25, -0.2) is 15.2 Å². The lowest BCUT2D eigenvalue weighted by Gasteiger charge is -2.11. The van der Waals surface area contributed by atoms with E-state index in [0.29, 0.717) is 11.7 Å². The molecular weight excluding hydrogens is 319 g/mol. The van der Waals surface area contributed by atoms with Crippen molar-refractivity contribution in [3.63, 3.8) is 0 Å². The van der Waals surface area contributed by atoms with Gasteiger partial charge in [0.1, 0.15) is 11.9 Å². The van der Waals surface area contributed by atoms with Gasteiger partial charge in [-0.15, -0.1) is 0 Å². The fourth-order valence-electron chi connectivity index (χ4n) is 3.01. The van der Waals surface area contributed by atoms with Crippen molar-refractivity contribution in [2.75, 3.05) is 0 Å².